The number of thioether (sulfide) groups is 1. The number of piperidine rings is 1. The number of hydrogen-bond acceptors (Lipinski definition) is 6. The van der Waals surface area contributed by atoms with E-state index in [4.69, 9.17) is 9.97 Å². The number of halogens is 1. The van der Waals surface area contributed by atoms with E-state index in [0.29, 0.717) is 12.0 Å². The van der Waals surface area contributed by atoms with Crippen LogP contribution in [0.4, 0.5) is 10.3 Å². The number of likely N-dealkylation sites (tertiary alicyclic amines) is 1. The van der Waals surface area contributed by atoms with Crippen molar-refractivity contribution >= 4 is 17.7 Å². The van der Waals surface area contributed by atoms with Crippen LogP contribution in [0.15, 0.2) is 41.7 Å². The molecule has 0 bridgehead atoms. The average molecular weight is 425 g/mol. The third kappa shape index (κ3) is 3.81. The van der Waals surface area contributed by atoms with Crippen molar-refractivity contribution in [1.29, 1.82) is 0 Å². The number of aromatic nitrogens is 4. The van der Waals surface area contributed by atoms with Crippen LogP contribution in [-0.2, 0) is 6.54 Å². The zero-order chi connectivity index (χ0) is 20.5. The van der Waals surface area contributed by atoms with E-state index in [1.807, 2.05) is 12.3 Å². The van der Waals surface area contributed by atoms with Crippen molar-refractivity contribution in [3.8, 4) is 22.6 Å². The van der Waals surface area contributed by atoms with Gasteiger partial charge in [0, 0.05) is 36.6 Å². The summed E-state index contributed by atoms with van der Waals surface area (Å²) in [4.78, 5) is 16.6. The molecule has 0 saturated carbocycles. The van der Waals surface area contributed by atoms with Gasteiger partial charge in [0.25, 0.3) is 0 Å². The fourth-order valence-corrected chi connectivity index (χ4v) is 5.20. The molecule has 0 aliphatic carbocycles. The van der Waals surface area contributed by atoms with Crippen LogP contribution in [0, 0.1) is 5.82 Å². The average Bonchev–Trinajstić information content (AvgIpc) is 3.36. The second-order valence-corrected chi connectivity index (χ2v) is 8.80. The Balaban J connectivity index is 1.48. The van der Waals surface area contributed by atoms with Crippen LogP contribution in [0.5, 0.6) is 0 Å². The summed E-state index contributed by atoms with van der Waals surface area (Å²) in [7, 11) is 0. The summed E-state index contributed by atoms with van der Waals surface area (Å²) in [5.74, 6) is 1.41. The number of nitrogens with one attached hydrogen (secondary N) is 1. The molecule has 0 spiro atoms. The second-order valence-electron chi connectivity index (χ2n) is 7.74. The summed E-state index contributed by atoms with van der Waals surface area (Å²) in [6.45, 7) is 6.35. The highest BCUT2D eigenvalue weighted by molar-refractivity contribution is 7.99. The smallest absolute Gasteiger partial charge is 0.223 e. The van der Waals surface area contributed by atoms with Crippen molar-refractivity contribution < 1.29 is 4.39 Å². The normalized spacial score (nSPS) is 19.1. The molecule has 1 fully saturated rings. The van der Waals surface area contributed by atoms with Gasteiger partial charge in [0.15, 0.2) is 5.16 Å². The predicted octanol–water partition coefficient (Wildman–Crippen LogP) is 4.15. The van der Waals surface area contributed by atoms with Gasteiger partial charge in [0.05, 0.1) is 17.1 Å². The number of fused-ring (bicyclic) bond motifs is 1. The molecule has 0 amide bonds. The third-order valence-electron chi connectivity index (χ3n) is 5.78. The number of nitrogens with zero attached hydrogens (tertiary/aromatic N) is 5. The molecule has 2 aliphatic heterocycles. The van der Waals surface area contributed by atoms with Gasteiger partial charge in [-0.3, -0.25) is 0 Å². The Labute approximate surface area is 179 Å². The fraction of sp³-hybridized carbons (Fsp3) is 0.409. The Hall–Kier alpha value is -2.45. The van der Waals surface area contributed by atoms with E-state index in [2.05, 4.69) is 26.7 Å². The maximum absolute atomic E-state index is 13.5. The highest BCUT2D eigenvalue weighted by atomic mass is 32.2. The first-order valence-electron chi connectivity index (χ1n) is 10.5. The van der Waals surface area contributed by atoms with E-state index in [-0.39, 0.29) is 5.82 Å². The van der Waals surface area contributed by atoms with Crippen molar-refractivity contribution in [3.05, 3.63) is 42.3 Å². The van der Waals surface area contributed by atoms with Crippen LogP contribution >= 0.6 is 11.8 Å². The van der Waals surface area contributed by atoms with Gasteiger partial charge < -0.3 is 14.8 Å². The third-order valence-corrected chi connectivity index (χ3v) is 6.74. The van der Waals surface area contributed by atoms with Crippen LogP contribution < -0.4 is 5.32 Å². The first-order valence-corrected chi connectivity index (χ1v) is 11.5. The second kappa shape index (κ2) is 8.35. The summed E-state index contributed by atoms with van der Waals surface area (Å²) in [6, 6.07) is 8.81. The maximum Gasteiger partial charge on any atom is 0.223 e. The van der Waals surface area contributed by atoms with Gasteiger partial charge in [-0.05, 0) is 56.3 Å². The Kier molecular flexibility index (Phi) is 5.43. The van der Waals surface area contributed by atoms with E-state index < -0.39 is 0 Å². The van der Waals surface area contributed by atoms with Crippen LogP contribution in [-0.4, -0.2) is 55.8 Å². The minimum Gasteiger partial charge on any atom is -0.350 e. The molecule has 4 heterocycles. The Morgan fingerprint density at radius 1 is 1.17 bits per heavy atom. The van der Waals surface area contributed by atoms with Crippen molar-refractivity contribution in [2.75, 3.05) is 30.7 Å². The Morgan fingerprint density at radius 3 is 2.87 bits per heavy atom. The highest BCUT2D eigenvalue weighted by Crippen LogP contribution is 2.38. The number of hydrogen-bond donors (Lipinski definition) is 1. The van der Waals surface area contributed by atoms with E-state index >= 15 is 0 Å². The zero-order valence-corrected chi connectivity index (χ0v) is 17.8. The van der Waals surface area contributed by atoms with Crippen LogP contribution in [0.25, 0.3) is 22.6 Å². The molecule has 1 N–H and O–H groups in total. The summed E-state index contributed by atoms with van der Waals surface area (Å²) in [5, 5.41) is 4.52. The summed E-state index contributed by atoms with van der Waals surface area (Å²) in [6.07, 6.45) is 4.12. The largest absolute Gasteiger partial charge is 0.350 e. The molecule has 1 saturated heterocycles. The standard InChI is InChI=1S/C22H25FN6S/c1-2-28-11-3-4-17(14-28)25-21-24-10-9-18(26-21)20-19(15-5-7-16(23)8-6-15)27-22-29(20)12-13-30-22/h5-10,17H,2-4,11-14H2,1H3,(H,24,25,26). The molecular formula is C22H25FN6S. The van der Waals surface area contributed by atoms with Crippen molar-refractivity contribution in [2.45, 2.75) is 37.5 Å². The molecule has 2 aromatic heterocycles. The molecule has 5 rings (SSSR count). The van der Waals surface area contributed by atoms with Gasteiger partial charge in [-0.25, -0.2) is 19.3 Å². The first kappa shape index (κ1) is 19.5. The van der Waals surface area contributed by atoms with Gasteiger partial charge in [0.2, 0.25) is 5.95 Å². The van der Waals surface area contributed by atoms with Crippen molar-refractivity contribution in [3.63, 3.8) is 0 Å². The van der Waals surface area contributed by atoms with Crippen LogP contribution in [0.1, 0.15) is 19.8 Å². The number of benzene rings is 1. The quantitative estimate of drug-likeness (QED) is 0.664. The SMILES string of the molecule is CCN1CCCC(Nc2nccc(-c3c(-c4ccc(F)cc4)nc4n3CCS4)n2)C1. The maximum atomic E-state index is 13.5. The summed E-state index contributed by atoms with van der Waals surface area (Å²) < 4.78 is 15.7. The molecule has 1 unspecified atom stereocenters. The van der Waals surface area contributed by atoms with Crippen molar-refractivity contribution in [2.24, 2.45) is 0 Å². The number of anilines is 1. The van der Waals surface area contributed by atoms with Crippen molar-refractivity contribution in [1.82, 2.24) is 24.4 Å². The van der Waals surface area contributed by atoms with Gasteiger partial charge in [-0.1, -0.05) is 18.7 Å². The lowest BCUT2D eigenvalue weighted by Crippen LogP contribution is -2.42. The molecule has 2 aliphatic rings. The predicted molar refractivity (Wildman–Crippen MR) is 118 cm³/mol. The van der Waals surface area contributed by atoms with E-state index in [1.165, 1.54) is 18.6 Å². The lowest BCUT2D eigenvalue weighted by Gasteiger charge is -2.32. The highest BCUT2D eigenvalue weighted by Gasteiger charge is 2.25. The molecule has 1 atom stereocenters. The molecular weight excluding hydrogens is 399 g/mol. The Morgan fingerprint density at radius 2 is 2.03 bits per heavy atom. The molecule has 8 heteroatoms. The van der Waals surface area contributed by atoms with E-state index in [9.17, 15) is 4.39 Å². The summed E-state index contributed by atoms with van der Waals surface area (Å²) in [5.41, 5.74) is 3.56. The number of rotatable bonds is 5. The van der Waals surface area contributed by atoms with Gasteiger partial charge in [-0.15, -0.1) is 0 Å². The molecule has 156 valence electrons. The van der Waals surface area contributed by atoms with Gasteiger partial charge in [0.1, 0.15) is 5.82 Å². The zero-order valence-electron chi connectivity index (χ0n) is 17.0. The number of likely N-dealkylation sites (N-methyl/N-ethyl adjacent to an activating group) is 1. The van der Waals surface area contributed by atoms with Gasteiger partial charge >= 0.3 is 0 Å². The molecule has 6 nitrogen and oxygen atoms in total. The monoisotopic (exact) mass is 424 g/mol. The Bertz CT molecular complexity index is 1030. The first-order chi connectivity index (χ1) is 14.7. The van der Waals surface area contributed by atoms with Gasteiger partial charge in [-0.2, -0.15) is 0 Å². The minimum absolute atomic E-state index is 0.247. The molecule has 0 radical (unpaired) electrons. The molecule has 1 aromatic carbocycles. The van der Waals surface area contributed by atoms with Crippen LogP contribution in [0.2, 0.25) is 0 Å². The van der Waals surface area contributed by atoms with E-state index in [0.717, 1.165) is 66.2 Å². The molecule has 30 heavy (non-hydrogen) atoms. The lowest BCUT2D eigenvalue weighted by atomic mass is 10.1. The summed E-state index contributed by atoms with van der Waals surface area (Å²) >= 11 is 1.74. The molecule has 3 aromatic rings. The number of imidazole rings is 1. The van der Waals surface area contributed by atoms with Crippen LogP contribution in [0.3, 0.4) is 0 Å². The van der Waals surface area contributed by atoms with E-state index in [1.54, 1.807) is 23.9 Å². The fourth-order valence-electron chi connectivity index (χ4n) is 4.25. The lowest BCUT2D eigenvalue weighted by molar-refractivity contribution is 0.226. The topological polar surface area (TPSA) is 58.9 Å². The minimum atomic E-state index is -0.247.